The molecule has 0 radical (unpaired) electrons. The number of hydrogen-bond donors (Lipinski definition) is 0. The minimum absolute atomic E-state index is 0.0696. The molecule has 2 aromatic carbocycles. The van der Waals surface area contributed by atoms with Gasteiger partial charge in [0.2, 0.25) is 0 Å². The smallest absolute Gasteiger partial charge is 0.274 e. The molecule has 1 aliphatic heterocycles. The summed E-state index contributed by atoms with van der Waals surface area (Å²) in [6.07, 6.45) is 3.94. The number of carbonyl (C=O) groups excluding carboxylic acids is 2. The number of ketones is 1. The van der Waals surface area contributed by atoms with E-state index in [1.54, 1.807) is 29.3 Å². The molecule has 1 aliphatic rings. The van der Waals surface area contributed by atoms with Crippen molar-refractivity contribution < 1.29 is 14.0 Å². The number of rotatable bonds is 6. The molecule has 0 N–H and O–H groups in total. The van der Waals surface area contributed by atoms with E-state index in [1.807, 2.05) is 24.3 Å². The minimum atomic E-state index is -0.354. The molecule has 0 saturated carbocycles. The Balaban J connectivity index is 1.35. The summed E-state index contributed by atoms with van der Waals surface area (Å²) < 4.78 is 15.0. The highest BCUT2D eigenvalue weighted by molar-refractivity contribution is 5.98. The van der Waals surface area contributed by atoms with Gasteiger partial charge in [-0.05, 0) is 55.0 Å². The average molecular weight is 434 g/mol. The molecule has 1 fully saturated rings. The van der Waals surface area contributed by atoms with Crippen molar-refractivity contribution in [3.63, 3.8) is 0 Å². The number of nitrogens with zero attached hydrogens (tertiary/aromatic N) is 3. The summed E-state index contributed by atoms with van der Waals surface area (Å²) in [7, 11) is 0. The van der Waals surface area contributed by atoms with Crippen molar-refractivity contribution in [2.75, 3.05) is 13.1 Å². The zero-order chi connectivity index (χ0) is 22.7. The minimum Gasteiger partial charge on any atom is -0.337 e. The Kier molecular flexibility index (Phi) is 6.49. The maximum absolute atomic E-state index is 13.5. The van der Waals surface area contributed by atoms with Gasteiger partial charge in [0.25, 0.3) is 5.91 Å². The van der Waals surface area contributed by atoms with Gasteiger partial charge in [0.05, 0.1) is 5.69 Å². The van der Waals surface area contributed by atoms with Crippen molar-refractivity contribution in [3.8, 4) is 5.69 Å². The fourth-order valence-corrected chi connectivity index (χ4v) is 4.22. The molecular weight excluding hydrogens is 405 g/mol. The molecule has 166 valence electrons. The third-order valence-electron chi connectivity index (χ3n) is 5.92. The lowest BCUT2D eigenvalue weighted by molar-refractivity contribution is 0.0645. The van der Waals surface area contributed by atoms with Gasteiger partial charge in [-0.3, -0.25) is 9.59 Å². The van der Waals surface area contributed by atoms with Crippen molar-refractivity contribution in [2.24, 2.45) is 11.8 Å². The van der Waals surface area contributed by atoms with Crippen molar-refractivity contribution in [1.29, 1.82) is 0 Å². The Bertz CT molecular complexity index is 1100. The Hall–Kier alpha value is -3.28. The molecule has 1 aromatic heterocycles. The first-order valence-corrected chi connectivity index (χ1v) is 11.1. The number of hydrogen-bond acceptors (Lipinski definition) is 3. The molecule has 0 atom stereocenters. The van der Waals surface area contributed by atoms with Crippen LogP contribution in [0, 0.1) is 17.7 Å². The van der Waals surface area contributed by atoms with Crippen LogP contribution in [0.3, 0.4) is 0 Å². The number of aromatic nitrogens is 2. The number of amides is 1. The predicted molar refractivity (Wildman–Crippen MR) is 121 cm³/mol. The van der Waals surface area contributed by atoms with E-state index in [2.05, 4.69) is 18.9 Å². The summed E-state index contributed by atoms with van der Waals surface area (Å²) in [4.78, 5) is 27.5. The second kappa shape index (κ2) is 9.47. The summed E-state index contributed by atoms with van der Waals surface area (Å²) in [6.45, 7) is 5.40. The highest BCUT2D eigenvalue weighted by Gasteiger charge is 2.29. The van der Waals surface area contributed by atoms with Gasteiger partial charge in [-0.15, -0.1) is 0 Å². The first-order valence-electron chi connectivity index (χ1n) is 11.1. The van der Waals surface area contributed by atoms with Crippen LogP contribution in [0.5, 0.6) is 0 Å². The number of Topliss-reactive ketones (excluding diaryl/α,β-unsaturated/α-hetero) is 1. The molecule has 32 heavy (non-hydrogen) atoms. The van der Waals surface area contributed by atoms with Gasteiger partial charge in [0.1, 0.15) is 5.82 Å². The highest BCUT2D eigenvalue weighted by Crippen LogP contribution is 2.23. The summed E-state index contributed by atoms with van der Waals surface area (Å²) in [5.41, 5.74) is 2.87. The zero-order valence-electron chi connectivity index (χ0n) is 18.5. The lowest BCUT2D eigenvalue weighted by atomic mass is 9.88. The van der Waals surface area contributed by atoms with E-state index in [9.17, 15) is 14.0 Å². The lowest BCUT2D eigenvalue weighted by Gasteiger charge is -2.31. The molecule has 2 heterocycles. The van der Waals surface area contributed by atoms with E-state index < -0.39 is 0 Å². The average Bonchev–Trinajstić information content (AvgIpc) is 3.29. The van der Waals surface area contributed by atoms with Crippen LogP contribution < -0.4 is 0 Å². The molecule has 1 amide bonds. The van der Waals surface area contributed by atoms with Crippen LogP contribution in [0.1, 0.15) is 53.1 Å². The number of likely N-dealkylation sites (tertiary alicyclic amines) is 1. The summed E-state index contributed by atoms with van der Waals surface area (Å²) in [5, 5.41) is 4.32. The Morgan fingerprint density at radius 2 is 1.78 bits per heavy atom. The number of carbonyl (C=O) groups is 2. The monoisotopic (exact) mass is 433 g/mol. The van der Waals surface area contributed by atoms with E-state index in [-0.39, 0.29) is 23.4 Å². The van der Waals surface area contributed by atoms with Crippen molar-refractivity contribution in [1.82, 2.24) is 14.7 Å². The van der Waals surface area contributed by atoms with Gasteiger partial charge < -0.3 is 4.90 Å². The van der Waals surface area contributed by atoms with Crippen molar-refractivity contribution in [2.45, 2.75) is 33.1 Å². The molecule has 0 unspecified atom stereocenters. The van der Waals surface area contributed by atoms with E-state index in [4.69, 9.17) is 0 Å². The van der Waals surface area contributed by atoms with Crippen LogP contribution in [-0.2, 0) is 6.42 Å². The standard InChI is InChI=1S/C26H28FN3O2/c1-18(2)16-19-6-8-20(9-7-19)25(31)21-10-13-29(14-11-21)26(32)24-12-15-30(28-24)23-5-3-4-22(27)17-23/h3-9,12,15,17-18,21H,10-11,13-14,16H2,1-2H3. The van der Waals surface area contributed by atoms with Crippen LogP contribution in [0.4, 0.5) is 4.39 Å². The number of halogens is 1. The highest BCUT2D eigenvalue weighted by atomic mass is 19.1. The summed E-state index contributed by atoms with van der Waals surface area (Å²) >= 11 is 0. The van der Waals surface area contributed by atoms with Gasteiger partial charge in [-0.2, -0.15) is 5.10 Å². The van der Waals surface area contributed by atoms with Crippen molar-refractivity contribution in [3.05, 3.63) is 83.4 Å². The van der Waals surface area contributed by atoms with Crippen LogP contribution in [0.25, 0.3) is 5.69 Å². The third-order valence-corrected chi connectivity index (χ3v) is 5.92. The Morgan fingerprint density at radius 1 is 1.06 bits per heavy atom. The Labute approximate surface area is 187 Å². The molecule has 0 aliphatic carbocycles. The predicted octanol–water partition coefficient (Wildman–Crippen LogP) is 4.95. The first kappa shape index (κ1) is 21.9. The first-order chi connectivity index (χ1) is 15.4. The maximum atomic E-state index is 13.5. The second-order valence-corrected chi connectivity index (χ2v) is 8.85. The molecule has 3 aromatic rings. The topological polar surface area (TPSA) is 55.2 Å². The molecule has 0 spiro atoms. The number of benzene rings is 2. The lowest BCUT2D eigenvalue weighted by Crippen LogP contribution is -2.40. The molecule has 6 heteroatoms. The summed E-state index contributed by atoms with van der Waals surface area (Å²) in [6, 6.07) is 15.7. The van der Waals surface area contributed by atoms with E-state index >= 15 is 0 Å². The summed E-state index contributed by atoms with van der Waals surface area (Å²) in [5.74, 6) is 0.151. The van der Waals surface area contributed by atoms with Crippen LogP contribution >= 0.6 is 0 Å². The normalized spacial score (nSPS) is 14.7. The maximum Gasteiger partial charge on any atom is 0.274 e. The molecule has 1 saturated heterocycles. The second-order valence-electron chi connectivity index (χ2n) is 8.85. The van der Waals surface area contributed by atoms with Gasteiger partial charge >= 0.3 is 0 Å². The van der Waals surface area contributed by atoms with Crippen molar-refractivity contribution >= 4 is 11.7 Å². The molecular formula is C26H28FN3O2. The third kappa shape index (κ3) is 4.96. The quantitative estimate of drug-likeness (QED) is 0.517. The van der Waals surface area contributed by atoms with E-state index in [0.29, 0.717) is 43.2 Å². The van der Waals surface area contributed by atoms with Crippen LogP contribution in [-0.4, -0.2) is 39.5 Å². The van der Waals surface area contributed by atoms with Crippen LogP contribution in [0.2, 0.25) is 0 Å². The van der Waals surface area contributed by atoms with Gasteiger partial charge in [-0.25, -0.2) is 9.07 Å². The zero-order valence-corrected chi connectivity index (χ0v) is 18.5. The fourth-order valence-electron chi connectivity index (χ4n) is 4.22. The Morgan fingerprint density at radius 3 is 2.44 bits per heavy atom. The number of piperidine rings is 1. The molecule has 5 nitrogen and oxygen atoms in total. The SMILES string of the molecule is CC(C)Cc1ccc(C(=O)C2CCN(C(=O)c3ccn(-c4cccc(F)c4)n3)CC2)cc1. The van der Waals surface area contributed by atoms with E-state index in [1.165, 1.54) is 22.4 Å². The molecule has 4 rings (SSSR count). The van der Waals surface area contributed by atoms with Gasteiger partial charge in [0.15, 0.2) is 11.5 Å². The van der Waals surface area contributed by atoms with E-state index in [0.717, 1.165) is 12.0 Å². The van der Waals surface area contributed by atoms with Gasteiger partial charge in [0, 0.05) is 30.8 Å². The molecule has 0 bridgehead atoms. The largest absolute Gasteiger partial charge is 0.337 e. The van der Waals surface area contributed by atoms with Crippen LogP contribution in [0.15, 0.2) is 60.8 Å². The fraction of sp³-hybridized carbons (Fsp3) is 0.346. The van der Waals surface area contributed by atoms with Gasteiger partial charge in [-0.1, -0.05) is 44.2 Å².